The van der Waals surface area contributed by atoms with Crippen LogP contribution in [0.15, 0.2) is 42.5 Å². The van der Waals surface area contributed by atoms with Crippen LogP contribution in [0.5, 0.6) is 5.75 Å². The van der Waals surface area contributed by atoms with E-state index >= 15 is 0 Å². The highest BCUT2D eigenvalue weighted by molar-refractivity contribution is 5.90. The second kappa shape index (κ2) is 5.82. The number of nitrogens with zero attached hydrogens (tertiary/aromatic N) is 1. The fraction of sp³-hybridized carbons (Fsp3) is 0.211. The van der Waals surface area contributed by atoms with E-state index in [2.05, 4.69) is 4.98 Å². The highest BCUT2D eigenvalue weighted by Gasteiger charge is 2.29. The molecule has 3 aromatic rings. The SMILES string of the molecule is Cc1nc(C)c2cc(Cc3ccc(C(F)(F)F)cc3)ccc2c1O. The molecule has 2 aromatic carbocycles. The van der Waals surface area contributed by atoms with E-state index in [9.17, 15) is 18.3 Å². The molecule has 0 unspecified atom stereocenters. The molecule has 0 atom stereocenters. The van der Waals surface area contributed by atoms with Crippen LogP contribution in [-0.2, 0) is 12.6 Å². The molecule has 0 fully saturated rings. The molecule has 2 nitrogen and oxygen atoms in total. The molecule has 0 aliphatic heterocycles. The van der Waals surface area contributed by atoms with Crippen LogP contribution >= 0.6 is 0 Å². The van der Waals surface area contributed by atoms with Crippen LogP contribution in [0.25, 0.3) is 10.8 Å². The lowest BCUT2D eigenvalue weighted by molar-refractivity contribution is -0.137. The molecule has 5 heteroatoms. The fourth-order valence-electron chi connectivity index (χ4n) is 2.81. The third kappa shape index (κ3) is 3.07. The van der Waals surface area contributed by atoms with Crippen molar-refractivity contribution in [3.63, 3.8) is 0 Å². The quantitative estimate of drug-likeness (QED) is 0.703. The summed E-state index contributed by atoms with van der Waals surface area (Å²) in [5.41, 5.74) is 2.50. The smallest absolute Gasteiger partial charge is 0.416 e. The second-order valence-electron chi connectivity index (χ2n) is 5.88. The summed E-state index contributed by atoms with van der Waals surface area (Å²) in [6, 6.07) is 10.8. The van der Waals surface area contributed by atoms with Crippen molar-refractivity contribution in [3.05, 3.63) is 70.5 Å². The van der Waals surface area contributed by atoms with Gasteiger partial charge in [0.2, 0.25) is 0 Å². The second-order valence-corrected chi connectivity index (χ2v) is 5.88. The molecule has 0 aliphatic rings. The molecular formula is C19H16F3NO. The summed E-state index contributed by atoms with van der Waals surface area (Å²) in [6.07, 6.45) is -3.80. The molecule has 1 aromatic heterocycles. The largest absolute Gasteiger partial charge is 0.505 e. The van der Waals surface area contributed by atoms with Crippen molar-refractivity contribution in [2.75, 3.05) is 0 Å². The third-order valence-corrected chi connectivity index (χ3v) is 4.10. The van der Waals surface area contributed by atoms with Gasteiger partial charge in [0.05, 0.1) is 11.3 Å². The van der Waals surface area contributed by atoms with E-state index in [0.717, 1.165) is 39.7 Å². The highest BCUT2D eigenvalue weighted by Crippen LogP contribution is 2.31. The predicted octanol–water partition coefficient (Wildman–Crippen LogP) is 5.17. The Morgan fingerprint density at radius 2 is 1.50 bits per heavy atom. The molecule has 0 amide bonds. The van der Waals surface area contributed by atoms with Crippen molar-refractivity contribution in [2.24, 2.45) is 0 Å². The van der Waals surface area contributed by atoms with Gasteiger partial charge in [-0.2, -0.15) is 13.2 Å². The minimum atomic E-state index is -4.32. The molecule has 0 aliphatic carbocycles. The maximum atomic E-state index is 12.6. The molecule has 3 rings (SSSR count). The number of benzene rings is 2. The van der Waals surface area contributed by atoms with Crippen molar-refractivity contribution >= 4 is 10.8 Å². The molecule has 124 valence electrons. The van der Waals surface area contributed by atoms with Crippen molar-refractivity contribution in [1.82, 2.24) is 4.98 Å². The number of hydrogen-bond donors (Lipinski definition) is 1. The number of aromatic nitrogens is 1. The monoisotopic (exact) mass is 331 g/mol. The number of rotatable bonds is 2. The lowest BCUT2D eigenvalue weighted by Crippen LogP contribution is -2.04. The number of halogens is 3. The van der Waals surface area contributed by atoms with Gasteiger partial charge in [0.15, 0.2) is 0 Å². The van der Waals surface area contributed by atoms with E-state index in [1.54, 1.807) is 6.92 Å². The molecule has 0 radical (unpaired) electrons. The number of fused-ring (bicyclic) bond motifs is 1. The Balaban J connectivity index is 1.93. The minimum Gasteiger partial charge on any atom is -0.505 e. The van der Waals surface area contributed by atoms with Crippen molar-refractivity contribution in [3.8, 4) is 5.75 Å². The summed E-state index contributed by atoms with van der Waals surface area (Å²) in [5.74, 6) is 0.164. The maximum Gasteiger partial charge on any atom is 0.416 e. The molecular weight excluding hydrogens is 315 g/mol. The Morgan fingerprint density at radius 3 is 2.12 bits per heavy atom. The van der Waals surface area contributed by atoms with E-state index in [1.165, 1.54) is 12.1 Å². The number of pyridine rings is 1. The molecule has 0 spiro atoms. The lowest BCUT2D eigenvalue weighted by atomic mass is 9.99. The summed E-state index contributed by atoms with van der Waals surface area (Å²) >= 11 is 0. The van der Waals surface area contributed by atoms with Crippen LogP contribution in [-0.4, -0.2) is 10.1 Å². The van der Waals surface area contributed by atoms with Gasteiger partial charge in [-0.15, -0.1) is 0 Å². The Labute approximate surface area is 137 Å². The normalized spacial score (nSPS) is 11.9. The summed E-state index contributed by atoms with van der Waals surface area (Å²) in [5, 5.41) is 11.7. The topological polar surface area (TPSA) is 33.1 Å². The van der Waals surface area contributed by atoms with Crippen molar-refractivity contribution < 1.29 is 18.3 Å². The van der Waals surface area contributed by atoms with Gasteiger partial charge in [-0.3, -0.25) is 4.98 Å². The van der Waals surface area contributed by atoms with Gasteiger partial charge in [-0.25, -0.2) is 0 Å². The van der Waals surface area contributed by atoms with Crippen LogP contribution in [0.2, 0.25) is 0 Å². The Kier molecular flexibility index (Phi) is 3.95. The first-order valence-electron chi connectivity index (χ1n) is 7.50. The molecule has 0 saturated heterocycles. The first-order valence-corrected chi connectivity index (χ1v) is 7.50. The van der Waals surface area contributed by atoms with Crippen molar-refractivity contribution in [1.29, 1.82) is 0 Å². The van der Waals surface area contributed by atoms with E-state index < -0.39 is 11.7 Å². The first kappa shape index (κ1) is 16.3. The number of aromatic hydroxyl groups is 1. The first-order chi connectivity index (χ1) is 11.3. The van der Waals surface area contributed by atoms with E-state index in [1.807, 2.05) is 25.1 Å². The van der Waals surface area contributed by atoms with Gasteiger partial charge in [0.1, 0.15) is 5.75 Å². The number of hydrogen-bond acceptors (Lipinski definition) is 2. The van der Waals surface area contributed by atoms with E-state index in [-0.39, 0.29) is 5.75 Å². The van der Waals surface area contributed by atoms with Crippen LogP contribution in [0.4, 0.5) is 13.2 Å². The van der Waals surface area contributed by atoms with Crippen LogP contribution < -0.4 is 0 Å². The summed E-state index contributed by atoms with van der Waals surface area (Å²) < 4.78 is 37.8. The molecule has 1 heterocycles. The van der Waals surface area contributed by atoms with Crippen LogP contribution in [0.1, 0.15) is 28.1 Å². The zero-order valence-corrected chi connectivity index (χ0v) is 13.3. The molecule has 0 bridgehead atoms. The predicted molar refractivity (Wildman–Crippen MR) is 87.1 cm³/mol. The summed E-state index contributed by atoms with van der Waals surface area (Å²) in [4.78, 5) is 4.31. The third-order valence-electron chi connectivity index (χ3n) is 4.10. The molecule has 0 saturated carbocycles. The average Bonchev–Trinajstić information content (AvgIpc) is 2.52. The number of alkyl halides is 3. The zero-order valence-electron chi connectivity index (χ0n) is 13.3. The number of aryl methyl sites for hydroxylation is 2. The Morgan fingerprint density at radius 1 is 0.875 bits per heavy atom. The summed E-state index contributed by atoms with van der Waals surface area (Å²) in [6.45, 7) is 3.62. The fourth-order valence-corrected chi connectivity index (χ4v) is 2.81. The Bertz CT molecular complexity index is 899. The average molecular weight is 331 g/mol. The van der Waals surface area contributed by atoms with Gasteiger partial charge in [0, 0.05) is 16.5 Å². The van der Waals surface area contributed by atoms with Crippen LogP contribution in [0, 0.1) is 13.8 Å². The Hall–Kier alpha value is -2.56. The van der Waals surface area contributed by atoms with Crippen molar-refractivity contribution in [2.45, 2.75) is 26.4 Å². The molecule has 1 N–H and O–H groups in total. The van der Waals surface area contributed by atoms with Gasteiger partial charge in [-0.05, 0) is 49.6 Å². The van der Waals surface area contributed by atoms with E-state index in [0.29, 0.717) is 12.1 Å². The highest BCUT2D eigenvalue weighted by atomic mass is 19.4. The standard InChI is InChI=1S/C19H16F3NO/c1-11-17-10-14(5-8-16(17)18(24)12(2)23-11)9-13-3-6-15(7-4-13)19(20,21)22/h3-8,10,24H,9H2,1-2H3. The van der Waals surface area contributed by atoms with E-state index in [4.69, 9.17) is 0 Å². The molecule has 24 heavy (non-hydrogen) atoms. The van der Waals surface area contributed by atoms with Gasteiger partial charge in [0.25, 0.3) is 0 Å². The minimum absolute atomic E-state index is 0.164. The van der Waals surface area contributed by atoms with Gasteiger partial charge in [-0.1, -0.05) is 24.3 Å². The van der Waals surface area contributed by atoms with Gasteiger partial charge >= 0.3 is 6.18 Å². The maximum absolute atomic E-state index is 12.6. The van der Waals surface area contributed by atoms with Crippen LogP contribution in [0.3, 0.4) is 0 Å². The zero-order chi connectivity index (χ0) is 17.5. The van der Waals surface area contributed by atoms with Gasteiger partial charge < -0.3 is 5.11 Å². The summed E-state index contributed by atoms with van der Waals surface area (Å²) in [7, 11) is 0. The lowest BCUT2D eigenvalue weighted by Gasteiger charge is -2.10.